The number of benzene rings is 2. The van der Waals surface area contributed by atoms with Gasteiger partial charge < -0.3 is 15.5 Å². The maximum absolute atomic E-state index is 13.3. The molecule has 1 aliphatic rings. The Morgan fingerprint density at radius 2 is 1.61 bits per heavy atom. The van der Waals surface area contributed by atoms with Gasteiger partial charge in [0.2, 0.25) is 0 Å². The van der Waals surface area contributed by atoms with Gasteiger partial charge in [-0.2, -0.15) is 13.2 Å². The summed E-state index contributed by atoms with van der Waals surface area (Å²) in [5.41, 5.74) is 1.04. The fourth-order valence-electron chi connectivity index (χ4n) is 3.56. The molecule has 0 unspecified atom stereocenters. The van der Waals surface area contributed by atoms with Gasteiger partial charge in [0, 0.05) is 37.8 Å². The van der Waals surface area contributed by atoms with Crippen molar-refractivity contribution in [3.8, 4) is 0 Å². The highest BCUT2D eigenvalue weighted by Crippen LogP contribution is 2.32. The summed E-state index contributed by atoms with van der Waals surface area (Å²) in [6.07, 6.45) is -1.38. The van der Waals surface area contributed by atoms with Crippen LogP contribution in [-0.4, -0.2) is 52.7 Å². The Labute approximate surface area is 190 Å². The van der Waals surface area contributed by atoms with Crippen molar-refractivity contribution in [1.82, 2.24) is 10.2 Å². The molecule has 1 fully saturated rings. The number of rotatable bonds is 8. The molecule has 0 spiro atoms. The molecular formula is C24H27F3N2O4. The zero-order valence-electron chi connectivity index (χ0n) is 18.0. The zero-order valence-corrected chi connectivity index (χ0v) is 18.0. The molecule has 6 nitrogen and oxygen atoms in total. The number of hydrogen-bond donors (Lipinski definition) is 3. The molecule has 0 aliphatic carbocycles. The van der Waals surface area contributed by atoms with Gasteiger partial charge in [0.05, 0.1) is 5.56 Å². The molecule has 1 atom stereocenters. The number of halogens is 3. The molecule has 0 bridgehead atoms. The summed E-state index contributed by atoms with van der Waals surface area (Å²) in [6.45, 7) is 2.84. The van der Waals surface area contributed by atoms with E-state index in [4.69, 9.17) is 10.2 Å². The van der Waals surface area contributed by atoms with Gasteiger partial charge in [-0.25, -0.2) is 9.59 Å². The second-order valence-electron chi connectivity index (χ2n) is 7.52. The summed E-state index contributed by atoms with van der Waals surface area (Å²) >= 11 is 0. The zero-order chi connectivity index (χ0) is 24.3. The van der Waals surface area contributed by atoms with Gasteiger partial charge in [0.1, 0.15) is 0 Å². The van der Waals surface area contributed by atoms with E-state index in [1.165, 1.54) is 17.7 Å². The average molecular weight is 464 g/mol. The third-order valence-corrected chi connectivity index (χ3v) is 5.15. The summed E-state index contributed by atoms with van der Waals surface area (Å²) in [5.74, 6) is -2.51. The van der Waals surface area contributed by atoms with Crippen LogP contribution in [0.3, 0.4) is 0 Å². The quantitative estimate of drug-likeness (QED) is 0.515. The number of nitrogens with zero attached hydrogens (tertiary/aromatic N) is 1. The molecule has 0 aromatic heterocycles. The molecule has 3 rings (SSSR count). The lowest BCUT2D eigenvalue weighted by molar-refractivity contribution is -0.138. The van der Waals surface area contributed by atoms with Crippen molar-refractivity contribution in [2.45, 2.75) is 31.6 Å². The first kappa shape index (κ1) is 26.1. The lowest BCUT2D eigenvalue weighted by Gasteiger charge is -2.29. The van der Waals surface area contributed by atoms with Crippen LogP contribution in [0.15, 0.2) is 66.7 Å². The summed E-state index contributed by atoms with van der Waals surface area (Å²) in [7, 11) is 0. The predicted octanol–water partition coefficient (Wildman–Crippen LogP) is 3.82. The Bertz CT molecular complexity index is 911. The summed E-state index contributed by atoms with van der Waals surface area (Å²) in [4.78, 5) is 21.3. The maximum atomic E-state index is 13.3. The van der Waals surface area contributed by atoms with Crippen molar-refractivity contribution in [3.05, 3.63) is 83.4 Å². The van der Waals surface area contributed by atoms with E-state index in [9.17, 15) is 22.8 Å². The Kier molecular flexibility index (Phi) is 10.1. The van der Waals surface area contributed by atoms with E-state index in [2.05, 4.69) is 22.3 Å². The van der Waals surface area contributed by atoms with Gasteiger partial charge in [0.25, 0.3) is 0 Å². The van der Waals surface area contributed by atoms with Crippen LogP contribution in [0.25, 0.3) is 0 Å². The van der Waals surface area contributed by atoms with Crippen LogP contribution in [0.4, 0.5) is 13.2 Å². The number of nitrogens with one attached hydrogen (secondary N) is 1. The molecule has 33 heavy (non-hydrogen) atoms. The van der Waals surface area contributed by atoms with Gasteiger partial charge in [0.15, 0.2) is 0 Å². The van der Waals surface area contributed by atoms with E-state index >= 15 is 0 Å². The van der Waals surface area contributed by atoms with Gasteiger partial charge >= 0.3 is 18.1 Å². The molecule has 1 aliphatic heterocycles. The molecule has 9 heteroatoms. The molecule has 2 aromatic carbocycles. The second-order valence-corrected chi connectivity index (χ2v) is 7.52. The number of carboxylic acids is 2. The van der Waals surface area contributed by atoms with Crippen molar-refractivity contribution in [2.75, 3.05) is 19.6 Å². The maximum Gasteiger partial charge on any atom is 0.416 e. The summed E-state index contributed by atoms with van der Waals surface area (Å²) in [6, 6.07) is 16.3. The number of carbonyl (C=O) groups is 2. The Morgan fingerprint density at radius 3 is 2.15 bits per heavy atom. The highest BCUT2D eigenvalue weighted by molar-refractivity contribution is 5.89. The SMILES string of the molecule is FC(F)(F)c1ccccc1CN(CCc1ccccc1)[C@H]1CCNC1.O=C(O)/C=C/C(=O)O. The van der Waals surface area contributed by atoms with Crippen LogP contribution in [0.5, 0.6) is 0 Å². The molecule has 0 amide bonds. The van der Waals surface area contributed by atoms with Crippen molar-refractivity contribution >= 4 is 11.9 Å². The standard InChI is InChI=1S/C20H23F3N2.C4H4O4/c21-20(22,23)19-9-5-4-8-17(19)15-25(18-10-12-24-14-18)13-11-16-6-2-1-3-7-16;5-3(6)1-2-4(7)8/h1-9,18,24H,10-15H2;1-2H,(H,5,6)(H,7,8)/b;2-1+/t18-;/m0./s1. The first-order valence-corrected chi connectivity index (χ1v) is 10.4. The highest BCUT2D eigenvalue weighted by atomic mass is 19.4. The van der Waals surface area contributed by atoms with Crippen LogP contribution in [0, 0.1) is 0 Å². The summed E-state index contributed by atoms with van der Waals surface area (Å²) in [5, 5.41) is 18.9. The van der Waals surface area contributed by atoms with Gasteiger partial charge in [-0.05, 0) is 36.6 Å². The van der Waals surface area contributed by atoms with Crippen LogP contribution in [-0.2, 0) is 28.7 Å². The van der Waals surface area contributed by atoms with Crippen molar-refractivity contribution in [2.24, 2.45) is 0 Å². The lowest BCUT2D eigenvalue weighted by Crippen LogP contribution is -2.38. The highest BCUT2D eigenvalue weighted by Gasteiger charge is 2.34. The number of carboxylic acid groups (broad SMARTS) is 2. The first-order chi connectivity index (χ1) is 15.7. The minimum Gasteiger partial charge on any atom is -0.478 e. The van der Waals surface area contributed by atoms with Gasteiger partial charge in [-0.15, -0.1) is 0 Å². The molecule has 3 N–H and O–H groups in total. The Balaban J connectivity index is 0.000000414. The van der Waals surface area contributed by atoms with Crippen molar-refractivity contribution in [3.63, 3.8) is 0 Å². The average Bonchev–Trinajstić information content (AvgIpc) is 3.31. The minimum atomic E-state index is -4.31. The van der Waals surface area contributed by atoms with E-state index in [0.29, 0.717) is 24.3 Å². The third-order valence-electron chi connectivity index (χ3n) is 5.15. The van der Waals surface area contributed by atoms with E-state index in [0.717, 1.165) is 32.5 Å². The van der Waals surface area contributed by atoms with E-state index < -0.39 is 23.7 Å². The monoisotopic (exact) mass is 464 g/mol. The smallest absolute Gasteiger partial charge is 0.416 e. The Hall–Kier alpha value is -3.17. The lowest BCUT2D eigenvalue weighted by atomic mass is 10.0. The number of aliphatic carboxylic acids is 2. The van der Waals surface area contributed by atoms with Crippen LogP contribution < -0.4 is 5.32 Å². The normalized spacial score (nSPS) is 15.9. The predicted molar refractivity (Wildman–Crippen MR) is 118 cm³/mol. The summed E-state index contributed by atoms with van der Waals surface area (Å²) < 4.78 is 39.9. The second kappa shape index (κ2) is 12.8. The fraction of sp³-hybridized carbons (Fsp3) is 0.333. The van der Waals surface area contributed by atoms with E-state index in [1.807, 2.05) is 18.2 Å². The Morgan fingerprint density at radius 1 is 1.00 bits per heavy atom. The topological polar surface area (TPSA) is 89.9 Å². The third kappa shape index (κ3) is 9.46. The molecule has 2 aromatic rings. The van der Waals surface area contributed by atoms with Gasteiger partial charge in [-0.1, -0.05) is 48.5 Å². The molecular weight excluding hydrogens is 437 g/mol. The van der Waals surface area contributed by atoms with E-state index in [1.54, 1.807) is 12.1 Å². The molecule has 0 saturated carbocycles. The van der Waals surface area contributed by atoms with Crippen LogP contribution in [0.1, 0.15) is 23.1 Å². The molecule has 178 valence electrons. The minimum absolute atomic E-state index is 0.282. The number of hydrogen-bond acceptors (Lipinski definition) is 4. The van der Waals surface area contributed by atoms with Crippen molar-refractivity contribution < 1.29 is 33.0 Å². The first-order valence-electron chi connectivity index (χ1n) is 10.4. The van der Waals surface area contributed by atoms with Crippen LogP contribution in [0.2, 0.25) is 0 Å². The molecule has 1 heterocycles. The molecule has 0 radical (unpaired) electrons. The molecule has 1 saturated heterocycles. The van der Waals surface area contributed by atoms with Crippen molar-refractivity contribution in [1.29, 1.82) is 0 Å². The largest absolute Gasteiger partial charge is 0.478 e. The van der Waals surface area contributed by atoms with E-state index in [-0.39, 0.29) is 6.04 Å². The van der Waals surface area contributed by atoms with Crippen LogP contribution >= 0.6 is 0 Å². The fourth-order valence-corrected chi connectivity index (χ4v) is 3.56. The number of alkyl halides is 3. The van der Waals surface area contributed by atoms with Gasteiger partial charge in [-0.3, -0.25) is 4.90 Å².